The van der Waals surface area contributed by atoms with E-state index in [9.17, 15) is 19.2 Å². The fraction of sp³-hybridized carbons (Fsp3) is 0.0333. The van der Waals surface area contributed by atoms with E-state index in [1.807, 2.05) is 25.1 Å². The second-order valence-corrected chi connectivity index (χ2v) is 8.35. The van der Waals surface area contributed by atoms with Crippen molar-refractivity contribution < 1.29 is 23.9 Å². The van der Waals surface area contributed by atoms with Crippen LogP contribution in [-0.2, 0) is 9.59 Å². The molecule has 4 aromatic rings. The van der Waals surface area contributed by atoms with Gasteiger partial charge >= 0.3 is 17.8 Å². The van der Waals surface area contributed by atoms with Gasteiger partial charge in [0.1, 0.15) is 5.75 Å². The van der Waals surface area contributed by atoms with Crippen molar-refractivity contribution in [2.75, 3.05) is 10.6 Å². The third-order valence-electron chi connectivity index (χ3n) is 5.38. The van der Waals surface area contributed by atoms with Gasteiger partial charge in [-0.2, -0.15) is 5.10 Å². The van der Waals surface area contributed by atoms with Crippen LogP contribution in [0.2, 0.25) is 0 Å². The molecule has 0 saturated carbocycles. The molecular formula is C30H24N4O5. The monoisotopic (exact) mass is 520 g/mol. The van der Waals surface area contributed by atoms with E-state index in [4.69, 9.17) is 4.74 Å². The van der Waals surface area contributed by atoms with Gasteiger partial charge in [0, 0.05) is 5.69 Å². The van der Waals surface area contributed by atoms with Crippen molar-refractivity contribution in [2.45, 2.75) is 6.92 Å². The molecule has 0 unspecified atom stereocenters. The van der Waals surface area contributed by atoms with Gasteiger partial charge in [0.05, 0.1) is 23.0 Å². The molecule has 0 saturated heterocycles. The van der Waals surface area contributed by atoms with E-state index in [1.54, 1.807) is 72.8 Å². The first-order valence-corrected chi connectivity index (χ1v) is 11.9. The number of nitrogens with zero attached hydrogens (tertiary/aromatic N) is 1. The van der Waals surface area contributed by atoms with Crippen LogP contribution in [0.4, 0.5) is 11.4 Å². The summed E-state index contributed by atoms with van der Waals surface area (Å²) in [5, 5.41) is 9.01. The van der Waals surface area contributed by atoms with Crippen LogP contribution in [0.3, 0.4) is 0 Å². The molecule has 0 spiro atoms. The van der Waals surface area contributed by atoms with Gasteiger partial charge in [-0.15, -0.1) is 0 Å². The summed E-state index contributed by atoms with van der Waals surface area (Å²) in [6.45, 7) is 1.91. The van der Waals surface area contributed by atoms with Crippen LogP contribution in [0.5, 0.6) is 5.75 Å². The molecule has 0 bridgehead atoms. The number of carbonyl (C=O) groups is 4. The van der Waals surface area contributed by atoms with E-state index >= 15 is 0 Å². The van der Waals surface area contributed by atoms with Gasteiger partial charge in [0.15, 0.2) is 0 Å². The number of hydrogen-bond acceptors (Lipinski definition) is 6. The molecule has 9 nitrogen and oxygen atoms in total. The quantitative estimate of drug-likeness (QED) is 0.108. The Balaban J connectivity index is 1.31. The lowest BCUT2D eigenvalue weighted by molar-refractivity contribution is -0.136. The predicted molar refractivity (Wildman–Crippen MR) is 148 cm³/mol. The van der Waals surface area contributed by atoms with Gasteiger partial charge in [-0.25, -0.2) is 10.2 Å². The van der Waals surface area contributed by atoms with Crippen molar-refractivity contribution in [1.29, 1.82) is 0 Å². The lowest BCUT2D eigenvalue weighted by atomic mass is 10.1. The lowest BCUT2D eigenvalue weighted by Gasteiger charge is -2.11. The van der Waals surface area contributed by atoms with Crippen molar-refractivity contribution in [2.24, 2.45) is 5.10 Å². The Morgan fingerprint density at radius 3 is 2.21 bits per heavy atom. The Morgan fingerprint density at radius 1 is 0.744 bits per heavy atom. The molecule has 4 aromatic carbocycles. The zero-order valence-electron chi connectivity index (χ0n) is 20.9. The van der Waals surface area contributed by atoms with E-state index in [0.717, 1.165) is 5.56 Å². The number of esters is 1. The first-order valence-electron chi connectivity index (χ1n) is 11.9. The second-order valence-electron chi connectivity index (χ2n) is 8.35. The third-order valence-corrected chi connectivity index (χ3v) is 5.38. The highest BCUT2D eigenvalue weighted by atomic mass is 16.5. The predicted octanol–water partition coefficient (Wildman–Crippen LogP) is 4.56. The van der Waals surface area contributed by atoms with E-state index in [2.05, 4.69) is 21.2 Å². The minimum atomic E-state index is -1.02. The fourth-order valence-electron chi connectivity index (χ4n) is 3.47. The van der Waals surface area contributed by atoms with Gasteiger partial charge in [0.2, 0.25) is 0 Å². The number of carbonyl (C=O) groups excluding carboxylic acids is 4. The molecule has 0 radical (unpaired) electrons. The van der Waals surface area contributed by atoms with Gasteiger partial charge in [0.25, 0.3) is 5.91 Å². The van der Waals surface area contributed by atoms with Crippen LogP contribution in [0, 0.1) is 6.92 Å². The number of nitrogens with one attached hydrogen (secondary N) is 3. The van der Waals surface area contributed by atoms with E-state index in [1.165, 1.54) is 18.3 Å². The minimum Gasteiger partial charge on any atom is -0.423 e. The Morgan fingerprint density at radius 2 is 1.46 bits per heavy atom. The zero-order valence-corrected chi connectivity index (χ0v) is 20.9. The molecular weight excluding hydrogens is 496 g/mol. The van der Waals surface area contributed by atoms with Gasteiger partial charge in [-0.05, 0) is 78.7 Å². The van der Waals surface area contributed by atoms with Crippen molar-refractivity contribution in [3.63, 3.8) is 0 Å². The first kappa shape index (κ1) is 26.5. The molecule has 4 rings (SSSR count). The van der Waals surface area contributed by atoms with Crippen LogP contribution in [0.15, 0.2) is 108 Å². The van der Waals surface area contributed by atoms with Gasteiger partial charge in [-0.1, -0.05) is 42.5 Å². The Kier molecular flexibility index (Phi) is 8.56. The molecule has 0 fully saturated rings. The van der Waals surface area contributed by atoms with Gasteiger partial charge < -0.3 is 15.4 Å². The number of aryl methyl sites for hydroxylation is 1. The molecule has 0 heterocycles. The summed E-state index contributed by atoms with van der Waals surface area (Å²) in [6, 6.07) is 28.7. The van der Waals surface area contributed by atoms with E-state index < -0.39 is 23.7 Å². The van der Waals surface area contributed by atoms with Crippen LogP contribution >= 0.6 is 0 Å². The fourth-order valence-corrected chi connectivity index (χ4v) is 3.47. The summed E-state index contributed by atoms with van der Waals surface area (Å²) < 4.78 is 5.32. The number of anilines is 2. The molecule has 9 heteroatoms. The average molecular weight is 521 g/mol. The highest BCUT2D eigenvalue weighted by Crippen LogP contribution is 2.18. The first-order chi connectivity index (χ1) is 18.9. The summed E-state index contributed by atoms with van der Waals surface area (Å²) in [4.78, 5) is 49.6. The summed E-state index contributed by atoms with van der Waals surface area (Å²) in [5.74, 6) is -2.59. The molecule has 0 aliphatic carbocycles. The number of amides is 3. The van der Waals surface area contributed by atoms with Crippen LogP contribution in [0.25, 0.3) is 0 Å². The summed E-state index contributed by atoms with van der Waals surface area (Å²) in [7, 11) is 0. The van der Waals surface area contributed by atoms with Crippen molar-refractivity contribution in [3.8, 4) is 5.75 Å². The topological polar surface area (TPSA) is 126 Å². The average Bonchev–Trinajstić information content (AvgIpc) is 2.94. The maximum absolute atomic E-state index is 12.8. The lowest BCUT2D eigenvalue weighted by Crippen LogP contribution is -2.33. The van der Waals surface area contributed by atoms with Crippen molar-refractivity contribution in [3.05, 3.63) is 125 Å². The minimum absolute atomic E-state index is 0.174. The van der Waals surface area contributed by atoms with Crippen LogP contribution in [-0.4, -0.2) is 29.9 Å². The van der Waals surface area contributed by atoms with E-state index in [-0.39, 0.29) is 11.3 Å². The van der Waals surface area contributed by atoms with Crippen molar-refractivity contribution in [1.82, 2.24) is 5.43 Å². The molecule has 39 heavy (non-hydrogen) atoms. The molecule has 0 aliphatic heterocycles. The van der Waals surface area contributed by atoms with Gasteiger partial charge in [-0.3, -0.25) is 14.4 Å². The third kappa shape index (κ3) is 7.46. The highest BCUT2D eigenvalue weighted by molar-refractivity contribution is 6.40. The molecule has 0 aliphatic rings. The maximum Gasteiger partial charge on any atom is 0.343 e. The standard InChI is InChI=1S/C30H24N4O5/c1-20-8-7-11-23(18-20)32-27(35)25-12-5-6-13-26(25)33-28(36)29(37)34-31-19-21-14-16-24(17-15-21)39-30(38)22-9-3-2-4-10-22/h2-19H,1H3,(H,32,35)(H,33,36)(H,34,37)/b31-19-. The molecule has 0 atom stereocenters. The number of benzene rings is 4. The summed E-state index contributed by atoms with van der Waals surface area (Å²) in [5.41, 5.74) is 5.12. The Hall–Kier alpha value is -5.57. The van der Waals surface area contributed by atoms with Crippen LogP contribution < -0.4 is 20.8 Å². The molecule has 3 amide bonds. The highest BCUT2D eigenvalue weighted by Gasteiger charge is 2.18. The normalized spacial score (nSPS) is 10.5. The molecule has 3 N–H and O–H groups in total. The second kappa shape index (κ2) is 12.6. The number of para-hydroxylation sites is 1. The number of rotatable bonds is 7. The van der Waals surface area contributed by atoms with Crippen LogP contribution in [0.1, 0.15) is 31.8 Å². The summed E-state index contributed by atoms with van der Waals surface area (Å²) >= 11 is 0. The zero-order chi connectivity index (χ0) is 27.6. The Labute approximate surface area is 224 Å². The van der Waals surface area contributed by atoms with E-state index in [0.29, 0.717) is 22.6 Å². The summed E-state index contributed by atoms with van der Waals surface area (Å²) in [6.07, 6.45) is 1.33. The largest absolute Gasteiger partial charge is 0.423 e. The Bertz CT molecular complexity index is 1530. The number of ether oxygens (including phenoxy) is 1. The maximum atomic E-state index is 12.8. The van der Waals surface area contributed by atoms with Crippen molar-refractivity contribution >= 4 is 41.3 Å². The molecule has 194 valence electrons. The SMILES string of the molecule is Cc1cccc(NC(=O)c2ccccc2NC(=O)C(=O)N/N=C\c2ccc(OC(=O)c3ccccc3)cc2)c1. The number of hydrogen-bond donors (Lipinski definition) is 3. The number of hydrazone groups is 1. The smallest absolute Gasteiger partial charge is 0.343 e. The molecule has 0 aromatic heterocycles.